The van der Waals surface area contributed by atoms with Crippen molar-refractivity contribution in [2.24, 2.45) is 5.92 Å². The zero-order valence-electron chi connectivity index (χ0n) is 12.1. The van der Waals surface area contributed by atoms with Gasteiger partial charge in [-0.15, -0.1) is 0 Å². The Kier molecular flexibility index (Phi) is 5.28. The Balaban J connectivity index is 1.91. The normalized spacial score (nSPS) is 10.7. The van der Waals surface area contributed by atoms with Crippen LogP contribution in [-0.2, 0) is 6.61 Å². The van der Waals surface area contributed by atoms with Crippen LogP contribution in [0.1, 0.15) is 30.2 Å². The van der Waals surface area contributed by atoms with E-state index in [4.69, 9.17) is 20.8 Å². The van der Waals surface area contributed by atoms with E-state index in [0.29, 0.717) is 29.0 Å². The molecule has 5 heteroatoms. The smallest absolute Gasteiger partial charge is 0.287 e. The summed E-state index contributed by atoms with van der Waals surface area (Å²) in [5, 5.41) is 3.34. The second-order valence-electron chi connectivity index (χ2n) is 5.09. The van der Waals surface area contributed by atoms with Crippen LogP contribution in [0, 0.1) is 5.92 Å². The minimum atomic E-state index is -0.215. The number of nitrogens with one attached hydrogen (secondary N) is 1. The van der Waals surface area contributed by atoms with Gasteiger partial charge >= 0.3 is 0 Å². The molecule has 1 N–H and O–H groups in total. The highest BCUT2D eigenvalue weighted by Crippen LogP contribution is 2.24. The first-order valence-electron chi connectivity index (χ1n) is 6.80. The van der Waals surface area contributed by atoms with Crippen LogP contribution in [-0.4, -0.2) is 12.5 Å². The van der Waals surface area contributed by atoms with Crippen LogP contribution in [0.5, 0.6) is 5.75 Å². The minimum Gasteiger partial charge on any atom is -0.484 e. The molecule has 1 aromatic carbocycles. The van der Waals surface area contributed by atoms with E-state index in [9.17, 15) is 4.79 Å². The van der Waals surface area contributed by atoms with Crippen LogP contribution in [0.3, 0.4) is 0 Å². The highest BCUT2D eigenvalue weighted by atomic mass is 35.5. The highest BCUT2D eigenvalue weighted by Gasteiger charge is 2.12. The lowest BCUT2D eigenvalue weighted by Gasteiger charge is -2.06. The van der Waals surface area contributed by atoms with Gasteiger partial charge in [-0.05, 0) is 30.2 Å². The number of carbonyl (C=O) groups excluding carboxylic acids is 1. The van der Waals surface area contributed by atoms with E-state index in [1.807, 2.05) is 26.0 Å². The molecule has 21 heavy (non-hydrogen) atoms. The number of furan rings is 1. The van der Waals surface area contributed by atoms with Gasteiger partial charge < -0.3 is 14.5 Å². The fourth-order valence-corrected chi connectivity index (χ4v) is 1.86. The summed E-state index contributed by atoms with van der Waals surface area (Å²) in [6.07, 6.45) is 0. The molecule has 0 saturated heterocycles. The average Bonchev–Trinajstić information content (AvgIpc) is 2.93. The summed E-state index contributed by atoms with van der Waals surface area (Å²) in [5.41, 5.74) is 0. The number of ether oxygens (including phenoxy) is 1. The molecule has 0 aliphatic carbocycles. The summed E-state index contributed by atoms with van der Waals surface area (Å²) in [4.78, 5) is 11.8. The monoisotopic (exact) mass is 307 g/mol. The summed E-state index contributed by atoms with van der Waals surface area (Å²) in [6.45, 7) is 4.91. The van der Waals surface area contributed by atoms with E-state index >= 15 is 0 Å². The van der Waals surface area contributed by atoms with Gasteiger partial charge in [-0.1, -0.05) is 37.6 Å². The number of benzene rings is 1. The van der Waals surface area contributed by atoms with Crippen molar-refractivity contribution >= 4 is 17.5 Å². The van der Waals surface area contributed by atoms with Gasteiger partial charge in [0, 0.05) is 6.54 Å². The molecule has 1 amide bonds. The predicted molar refractivity (Wildman–Crippen MR) is 81.7 cm³/mol. The third-order valence-electron chi connectivity index (χ3n) is 2.76. The van der Waals surface area contributed by atoms with Crippen molar-refractivity contribution in [3.05, 3.63) is 52.9 Å². The summed E-state index contributed by atoms with van der Waals surface area (Å²) >= 11 is 6.00. The number of amides is 1. The summed E-state index contributed by atoms with van der Waals surface area (Å²) in [7, 11) is 0. The lowest BCUT2D eigenvalue weighted by molar-refractivity contribution is 0.0917. The van der Waals surface area contributed by atoms with Gasteiger partial charge in [-0.25, -0.2) is 0 Å². The first-order chi connectivity index (χ1) is 10.1. The van der Waals surface area contributed by atoms with Crippen LogP contribution in [0.15, 0.2) is 40.8 Å². The van der Waals surface area contributed by atoms with Gasteiger partial charge in [0.05, 0.1) is 5.02 Å². The Morgan fingerprint density at radius 2 is 2.05 bits per heavy atom. The fourth-order valence-electron chi connectivity index (χ4n) is 1.67. The molecule has 1 heterocycles. The van der Waals surface area contributed by atoms with E-state index in [2.05, 4.69) is 5.32 Å². The van der Waals surface area contributed by atoms with E-state index in [1.54, 1.807) is 24.3 Å². The molecule has 0 aliphatic heterocycles. The largest absolute Gasteiger partial charge is 0.484 e. The number of carbonyl (C=O) groups is 1. The second kappa shape index (κ2) is 7.18. The van der Waals surface area contributed by atoms with Crippen molar-refractivity contribution in [2.45, 2.75) is 20.5 Å². The van der Waals surface area contributed by atoms with Crippen molar-refractivity contribution < 1.29 is 13.9 Å². The van der Waals surface area contributed by atoms with Gasteiger partial charge in [0.15, 0.2) is 5.76 Å². The van der Waals surface area contributed by atoms with Crippen molar-refractivity contribution in [3.63, 3.8) is 0 Å². The SMILES string of the molecule is CC(C)CNC(=O)c1ccc(COc2ccccc2Cl)o1. The van der Waals surface area contributed by atoms with Gasteiger partial charge in [0.1, 0.15) is 18.1 Å². The molecule has 1 aromatic heterocycles. The number of para-hydroxylation sites is 1. The van der Waals surface area contributed by atoms with Crippen LogP contribution in [0.25, 0.3) is 0 Å². The van der Waals surface area contributed by atoms with E-state index < -0.39 is 0 Å². The Bertz CT molecular complexity index is 607. The molecule has 0 fully saturated rings. The lowest BCUT2D eigenvalue weighted by Crippen LogP contribution is -2.26. The van der Waals surface area contributed by atoms with Crippen molar-refractivity contribution in [2.75, 3.05) is 6.54 Å². The number of halogens is 1. The molecular formula is C16H18ClNO3. The first kappa shape index (κ1) is 15.4. The maximum atomic E-state index is 11.8. The van der Waals surface area contributed by atoms with Gasteiger partial charge in [0.2, 0.25) is 0 Å². The number of hydrogen-bond donors (Lipinski definition) is 1. The maximum absolute atomic E-state index is 11.8. The first-order valence-corrected chi connectivity index (χ1v) is 7.18. The topological polar surface area (TPSA) is 51.5 Å². The van der Waals surface area contributed by atoms with Crippen LogP contribution in [0.2, 0.25) is 5.02 Å². The molecule has 0 unspecified atom stereocenters. The molecule has 2 rings (SSSR count). The van der Waals surface area contributed by atoms with E-state index in [-0.39, 0.29) is 18.3 Å². The standard InChI is InChI=1S/C16H18ClNO3/c1-11(2)9-18-16(19)15-8-7-12(21-15)10-20-14-6-4-3-5-13(14)17/h3-8,11H,9-10H2,1-2H3,(H,18,19). The predicted octanol–water partition coefficient (Wildman–Crippen LogP) is 3.90. The molecular weight excluding hydrogens is 290 g/mol. The third-order valence-corrected chi connectivity index (χ3v) is 3.08. The van der Waals surface area contributed by atoms with Crippen LogP contribution in [0.4, 0.5) is 0 Å². The van der Waals surface area contributed by atoms with Crippen molar-refractivity contribution in [1.29, 1.82) is 0 Å². The molecule has 0 saturated carbocycles. The Morgan fingerprint density at radius 3 is 2.76 bits per heavy atom. The van der Waals surface area contributed by atoms with E-state index in [1.165, 1.54) is 0 Å². The van der Waals surface area contributed by atoms with Gasteiger partial charge in [-0.2, -0.15) is 0 Å². The number of rotatable bonds is 6. The molecule has 2 aromatic rings. The van der Waals surface area contributed by atoms with Crippen molar-refractivity contribution in [1.82, 2.24) is 5.32 Å². The Labute approximate surface area is 129 Å². The molecule has 0 radical (unpaired) electrons. The maximum Gasteiger partial charge on any atom is 0.287 e. The molecule has 0 atom stereocenters. The molecule has 0 spiro atoms. The van der Waals surface area contributed by atoms with Gasteiger partial charge in [-0.3, -0.25) is 4.79 Å². The quantitative estimate of drug-likeness (QED) is 0.880. The number of hydrogen-bond acceptors (Lipinski definition) is 3. The van der Waals surface area contributed by atoms with Crippen LogP contribution < -0.4 is 10.1 Å². The van der Waals surface area contributed by atoms with Crippen LogP contribution >= 0.6 is 11.6 Å². The zero-order valence-corrected chi connectivity index (χ0v) is 12.8. The lowest BCUT2D eigenvalue weighted by atomic mass is 10.2. The summed E-state index contributed by atoms with van der Waals surface area (Å²) in [5.74, 6) is 1.62. The molecule has 4 nitrogen and oxygen atoms in total. The highest BCUT2D eigenvalue weighted by molar-refractivity contribution is 6.32. The second-order valence-corrected chi connectivity index (χ2v) is 5.50. The average molecular weight is 308 g/mol. The molecule has 112 valence electrons. The third kappa shape index (κ3) is 4.53. The molecule has 0 aliphatic rings. The minimum absolute atomic E-state index is 0.215. The van der Waals surface area contributed by atoms with Gasteiger partial charge in [0.25, 0.3) is 5.91 Å². The van der Waals surface area contributed by atoms with Crippen molar-refractivity contribution in [3.8, 4) is 5.75 Å². The summed E-state index contributed by atoms with van der Waals surface area (Å²) < 4.78 is 11.0. The zero-order chi connectivity index (χ0) is 15.2. The Hall–Kier alpha value is -1.94. The Morgan fingerprint density at radius 1 is 1.29 bits per heavy atom. The fraction of sp³-hybridized carbons (Fsp3) is 0.312. The summed E-state index contributed by atoms with van der Waals surface area (Å²) in [6, 6.07) is 10.6. The molecule has 0 bridgehead atoms. The van der Waals surface area contributed by atoms with E-state index in [0.717, 1.165) is 0 Å².